The summed E-state index contributed by atoms with van der Waals surface area (Å²) in [6, 6.07) is 12.0. The van der Waals surface area contributed by atoms with Gasteiger partial charge in [0.25, 0.3) is 0 Å². The van der Waals surface area contributed by atoms with Crippen molar-refractivity contribution in [3.63, 3.8) is 0 Å². The van der Waals surface area contributed by atoms with Crippen molar-refractivity contribution in [1.29, 1.82) is 0 Å². The first-order valence-electron chi connectivity index (χ1n) is 25.8. The van der Waals surface area contributed by atoms with Crippen molar-refractivity contribution < 1.29 is 19.8 Å². The Balaban J connectivity index is 0.000000152. The molecule has 12 rings (SSSR count). The zero-order chi connectivity index (χ0) is 48.6. The summed E-state index contributed by atoms with van der Waals surface area (Å²) in [7, 11) is 4.13. The van der Waals surface area contributed by atoms with E-state index < -0.39 is 0 Å². The van der Waals surface area contributed by atoms with Crippen molar-refractivity contribution in [1.82, 2.24) is 29.5 Å². The Morgan fingerprint density at radius 3 is 1.74 bits per heavy atom. The Labute approximate surface area is 419 Å². The van der Waals surface area contributed by atoms with Crippen LogP contribution in [0, 0.1) is 37.5 Å². The number of aromatic hydroxyl groups is 2. The summed E-state index contributed by atoms with van der Waals surface area (Å²) in [6.45, 7) is 8.92. The van der Waals surface area contributed by atoms with E-state index in [4.69, 9.17) is 5.10 Å². The van der Waals surface area contributed by atoms with Crippen LogP contribution in [0.4, 0.5) is 10.3 Å². The molecule has 0 unspecified atom stereocenters. The minimum atomic E-state index is 0.0550. The molecule has 10 atom stereocenters. The highest BCUT2D eigenvalue weighted by Gasteiger charge is 2.60. The van der Waals surface area contributed by atoms with Crippen molar-refractivity contribution >= 4 is 44.8 Å². The molecule has 0 aliphatic heterocycles. The number of hydrogen-bond acceptors (Lipinski definition) is 10. The minimum Gasteiger partial charge on any atom is -0.508 e. The summed E-state index contributed by atoms with van der Waals surface area (Å²) in [5.74, 6) is 5.19. The number of carbonyl (C=O) groups excluding carboxylic acids is 2. The van der Waals surface area contributed by atoms with E-state index in [-0.39, 0.29) is 22.6 Å². The number of thiazole rings is 2. The Morgan fingerprint density at radius 2 is 1.21 bits per heavy atom. The topological polar surface area (TPSA) is 160 Å². The van der Waals surface area contributed by atoms with Crippen LogP contribution in [0.5, 0.6) is 11.5 Å². The van der Waals surface area contributed by atoms with Gasteiger partial charge in [-0.25, -0.2) is 9.97 Å². The third-order valence-corrected chi connectivity index (χ3v) is 19.7. The molecule has 6 aromatic rings. The number of phenols is 2. The third kappa shape index (κ3) is 8.28. The number of amides is 2. The summed E-state index contributed by atoms with van der Waals surface area (Å²) in [4.78, 5) is 35.9. The number of aryl methyl sites for hydroxylation is 6. The second-order valence-corrected chi connectivity index (χ2v) is 24.6. The summed E-state index contributed by atoms with van der Waals surface area (Å²) < 4.78 is 4.11. The molecule has 4 aromatic heterocycles. The van der Waals surface area contributed by atoms with Crippen LogP contribution in [0.2, 0.25) is 0 Å². The van der Waals surface area contributed by atoms with Crippen molar-refractivity contribution in [3.8, 4) is 11.5 Å². The van der Waals surface area contributed by atoms with Gasteiger partial charge in [0.15, 0.2) is 10.3 Å². The number of nitrogens with one attached hydrogen (secondary N) is 2. The van der Waals surface area contributed by atoms with E-state index in [1.165, 1.54) is 86.7 Å². The fourth-order valence-electron chi connectivity index (χ4n) is 15.5. The summed E-state index contributed by atoms with van der Waals surface area (Å²) in [6.07, 6.45) is 21.8. The Bertz CT molecular complexity index is 2890. The van der Waals surface area contributed by atoms with Gasteiger partial charge in [-0.05, 0) is 196 Å². The van der Waals surface area contributed by atoms with E-state index in [9.17, 15) is 19.8 Å². The third-order valence-electron chi connectivity index (χ3n) is 18.1. The fourth-order valence-corrected chi connectivity index (χ4v) is 16.9. The minimum absolute atomic E-state index is 0.0550. The first kappa shape index (κ1) is 47.0. The van der Waals surface area contributed by atoms with Gasteiger partial charge in [-0.3, -0.25) is 19.0 Å². The molecule has 2 amide bonds. The van der Waals surface area contributed by atoms with E-state index in [2.05, 4.69) is 75.8 Å². The average Bonchev–Trinajstić information content (AvgIpc) is 4.18. The second-order valence-electron chi connectivity index (χ2n) is 22.2. The smallest absolute Gasteiger partial charge is 0.226 e. The van der Waals surface area contributed by atoms with E-state index in [1.54, 1.807) is 12.4 Å². The molecule has 6 aliphatic rings. The molecule has 2 fully saturated rings. The van der Waals surface area contributed by atoms with Crippen LogP contribution < -0.4 is 10.6 Å². The van der Waals surface area contributed by atoms with Gasteiger partial charge in [0, 0.05) is 71.8 Å². The molecule has 12 nitrogen and oxygen atoms in total. The Morgan fingerprint density at radius 1 is 0.700 bits per heavy atom. The highest BCUT2D eigenvalue weighted by atomic mass is 32.1. The standard InChI is InChI=1S/2C28H34N4O2S/c1-16-14-29-27(35-16)30-24(34)6-4-5-21-23-15-32(3)31-26(23)28(2)12-11-20-19-10-8-18(33)13-17(19)7-9-22(20)25(21)28;1-16-14-29-27(35-16)31-24(34)6-4-5-21-23-15-30-32(3)26(23)28(2)12-11-20-19-10-8-18(33)13-17(19)7-9-22(20)25(21)28/h8,10,13-15,20-22,25,33H,4-7,9,11-12H2,1-3H3,(H,29,30,34);8,10,13-15,20-22,25,33H,4-7,9,11-12H2,1-3H3,(H,29,31,34)/t2*20-,21+,22-,25+,28+/m11/s1. The molecule has 0 bridgehead atoms. The van der Waals surface area contributed by atoms with Crippen LogP contribution in [-0.4, -0.2) is 51.6 Å². The molecule has 70 heavy (non-hydrogen) atoms. The second kappa shape index (κ2) is 18.4. The van der Waals surface area contributed by atoms with Gasteiger partial charge in [-0.1, -0.05) is 26.0 Å². The average molecular weight is 981 g/mol. The highest BCUT2D eigenvalue weighted by molar-refractivity contribution is 7.16. The van der Waals surface area contributed by atoms with Gasteiger partial charge in [0.05, 0.1) is 11.9 Å². The molecule has 6 aliphatic carbocycles. The number of phenolic OH excluding ortho intramolecular Hbond substituents is 2. The molecule has 0 spiro atoms. The molecular formula is C56H68N8O4S2. The number of fused-ring (bicyclic) bond motifs is 14. The molecule has 2 saturated carbocycles. The summed E-state index contributed by atoms with van der Waals surface area (Å²) in [5, 5.41) is 37.0. The maximum atomic E-state index is 12.6. The highest BCUT2D eigenvalue weighted by Crippen LogP contribution is 2.66. The van der Waals surface area contributed by atoms with Gasteiger partial charge in [0.2, 0.25) is 11.8 Å². The molecular weight excluding hydrogens is 913 g/mol. The van der Waals surface area contributed by atoms with E-state index in [0.29, 0.717) is 81.9 Å². The van der Waals surface area contributed by atoms with Crippen molar-refractivity contribution in [2.24, 2.45) is 37.8 Å². The Kier molecular flexibility index (Phi) is 12.3. The number of benzene rings is 2. The first-order valence-corrected chi connectivity index (χ1v) is 27.5. The largest absolute Gasteiger partial charge is 0.508 e. The number of rotatable bonds is 10. The predicted octanol–water partition coefficient (Wildman–Crippen LogP) is 11.6. The van der Waals surface area contributed by atoms with Crippen LogP contribution in [0.25, 0.3) is 0 Å². The van der Waals surface area contributed by atoms with E-state index >= 15 is 0 Å². The number of nitrogens with zero attached hydrogens (tertiary/aromatic N) is 6. The molecule has 4 N–H and O–H groups in total. The van der Waals surface area contributed by atoms with E-state index in [1.807, 2.05) is 49.8 Å². The molecule has 14 heteroatoms. The summed E-state index contributed by atoms with van der Waals surface area (Å²) in [5.41, 5.74) is 11.3. The zero-order valence-corrected chi connectivity index (χ0v) is 43.1. The molecule has 0 saturated heterocycles. The number of hydrogen-bond donors (Lipinski definition) is 4. The van der Waals surface area contributed by atoms with Crippen molar-refractivity contribution in [2.45, 2.75) is 152 Å². The SMILES string of the molecule is Cc1cnc(NC(=O)CCC[C@H]2c3cn(C)nc3[C@@]3(C)CC[C@@H]4c5ccc(O)cc5CC[C@H]4[C@H]23)s1.Cc1cnc(NC(=O)CCC[C@H]2c3cnn(C)c3[C@@]3(C)CC[C@@H]4c5ccc(O)cc5CC[C@H]4[C@H]23)s1. The first-order chi connectivity index (χ1) is 33.7. The lowest BCUT2D eigenvalue weighted by atomic mass is 9.53. The lowest BCUT2D eigenvalue weighted by Gasteiger charge is -2.51. The van der Waals surface area contributed by atoms with Crippen LogP contribution in [0.15, 0.2) is 61.2 Å². The van der Waals surface area contributed by atoms with Crippen LogP contribution in [0.1, 0.15) is 169 Å². The van der Waals surface area contributed by atoms with Crippen molar-refractivity contribution in [2.75, 3.05) is 10.6 Å². The maximum absolute atomic E-state index is 12.6. The van der Waals surface area contributed by atoms with Gasteiger partial charge in [-0.15, -0.1) is 22.7 Å². The predicted molar refractivity (Wildman–Crippen MR) is 276 cm³/mol. The monoisotopic (exact) mass is 980 g/mol. The van der Waals surface area contributed by atoms with Gasteiger partial charge in [0.1, 0.15) is 11.5 Å². The molecule has 0 radical (unpaired) electrons. The van der Waals surface area contributed by atoms with Crippen LogP contribution in [0.3, 0.4) is 0 Å². The molecule has 4 heterocycles. The molecule has 368 valence electrons. The summed E-state index contributed by atoms with van der Waals surface area (Å²) >= 11 is 3.04. The fraction of sp³-hybridized carbons (Fsp3) is 0.536. The number of carbonyl (C=O) groups is 2. The normalized spacial score (nSPS) is 28.7. The van der Waals surface area contributed by atoms with Gasteiger partial charge >= 0.3 is 0 Å². The lowest BCUT2D eigenvalue weighted by molar-refractivity contribution is -0.117. The molecule has 2 aromatic carbocycles. The lowest BCUT2D eigenvalue weighted by Crippen LogP contribution is -2.45. The zero-order valence-electron chi connectivity index (χ0n) is 41.5. The van der Waals surface area contributed by atoms with Gasteiger partial charge in [-0.2, -0.15) is 10.2 Å². The number of aromatic nitrogens is 6. The van der Waals surface area contributed by atoms with E-state index in [0.717, 1.165) is 67.5 Å². The Hall–Kier alpha value is -5.34. The van der Waals surface area contributed by atoms with Crippen LogP contribution >= 0.6 is 22.7 Å². The number of anilines is 2. The quantitative estimate of drug-likeness (QED) is 0.106. The van der Waals surface area contributed by atoms with Crippen molar-refractivity contribution in [3.05, 3.63) is 116 Å². The maximum Gasteiger partial charge on any atom is 0.226 e. The van der Waals surface area contributed by atoms with Crippen LogP contribution in [-0.2, 0) is 47.4 Å². The van der Waals surface area contributed by atoms with Gasteiger partial charge < -0.3 is 20.8 Å².